The van der Waals surface area contributed by atoms with Gasteiger partial charge < -0.3 is 40.3 Å². The number of amides is 1. The van der Waals surface area contributed by atoms with E-state index in [2.05, 4.69) is 141 Å². The molecule has 0 aliphatic carbocycles. The van der Waals surface area contributed by atoms with E-state index in [4.69, 9.17) is 9.47 Å². The number of allylic oxidation sites excluding steroid dienone is 21. The first-order chi connectivity index (χ1) is 40.8. The van der Waals surface area contributed by atoms with Crippen LogP contribution in [0.25, 0.3) is 0 Å². The standard InChI is InChI=1S/C74H125NO8/c1-3-5-7-9-11-13-15-17-19-21-23-25-27-29-31-33-34-36-38-40-42-44-46-48-50-52-54-56-58-60-62-64-70(78)75-67(66-82-74-73(81)72(80)71(79)69(65-76)83-74)68(77)63-61-59-57-55-53-51-49-47-45-43-41-39-37-35-32-30-28-26-24-22-20-18-16-14-12-10-8-6-4-2/h5,7,11,13,17,19,23,25,29,31,34,36,40,42,45-48,53,55,61,63,67-69,71-74,76-77,79-81H,3-4,6,8-10,12,14-16,18,20-22,24,26-28,30,32-33,35,37-39,41,43-44,49-52,54,56-60,62,64-66H2,1-2H3,(H,75,78)/b7-5-,13-11-,19-17-,25-23-,31-29-,36-34-,42-40-,47-45+,48-46-,55-53+,63-61+. The fourth-order valence-corrected chi connectivity index (χ4v) is 9.91. The minimum atomic E-state index is -1.59. The number of unbranched alkanes of at least 4 members (excludes halogenated alkanes) is 27. The Bertz CT molecular complexity index is 1770. The van der Waals surface area contributed by atoms with Gasteiger partial charge in [0.2, 0.25) is 5.91 Å². The van der Waals surface area contributed by atoms with E-state index in [0.29, 0.717) is 6.42 Å². The fourth-order valence-electron chi connectivity index (χ4n) is 9.91. The predicted octanol–water partition coefficient (Wildman–Crippen LogP) is 18.4. The molecule has 0 aromatic rings. The van der Waals surface area contributed by atoms with Gasteiger partial charge in [-0.05, 0) is 109 Å². The number of ether oxygens (including phenoxy) is 2. The molecular weight excluding hydrogens is 1030 g/mol. The highest BCUT2D eigenvalue weighted by Crippen LogP contribution is 2.23. The summed E-state index contributed by atoms with van der Waals surface area (Å²) in [4.78, 5) is 13.1. The second-order valence-electron chi connectivity index (χ2n) is 22.9. The summed E-state index contributed by atoms with van der Waals surface area (Å²) in [7, 11) is 0. The number of rotatable bonds is 57. The molecule has 1 amide bonds. The highest BCUT2D eigenvalue weighted by Gasteiger charge is 2.44. The van der Waals surface area contributed by atoms with Gasteiger partial charge in [-0.3, -0.25) is 4.79 Å². The Kier molecular flexibility index (Phi) is 57.2. The fraction of sp³-hybridized carbons (Fsp3) is 0.689. The SMILES string of the molecule is CC/C=C\C/C=C\C/C=C\C/C=C\C/C=C\C/C=C\C/C=C\C/C=C\CCCCCCCCC(=O)NC(COC1OC(CO)C(O)C(O)C1O)C(O)/C=C/CC/C=C/CC/C=C/CCCCCCCCCCCCCCCCCCCCC. The molecular formula is C74H125NO8. The summed E-state index contributed by atoms with van der Waals surface area (Å²) in [6, 6.07) is -0.849. The lowest BCUT2D eigenvalue weighted by atomic mass is 9.99. The number of carbonyl (C=O) groups is 1. The van der Waals surface area contributed by atoms with Gasteiger partial charge >= 0.3 is 0 Å². The molecule has 0 spiro atoms. The Labute approximate surface area is 509 Å². The zero-order chi connectivity index (χ0) is 60.0. The van der Waals surface area contributed by atoms with Crippen molar-refractivity contribution >= 4 is 5.91 Å². The lowest BCUT2D eigenvalue weighted by Gasteiger charge is -2.40. The van der Waals surface area contributed by atoms with E-state index in [9.17, 15) is 30.3 Å². The van der Waals surface area contributed by atoms with Crippen molar-refractivity contribution in [3.05, 3.63) is 134 Å². The molecule has 7 unspecified atom stereocenters. The molecule has 0 aromatic heterocycles. The van der Waals surface area contributed by atoms with Crippen LogP contribution in [0.15, 0.2) is 134 Å². The molecule has 1 aliphatic rings. The summed E-state index contributed by atoms with van der Waals surface area (Å²) in [6.45, 7) is 3.65. The van der Waals surface area contributed by atoms with E-state index < -0.39 is 49.5 Å². The molecule has 0 saturated carbocycles. The van der Waals surface area contributed by atoms with Crippen LogP contribution in [0.3, 0.4) is 0 Å². The number of aliphatic hydroxyl groups is 5. The van der Waals surface area contributed by atoms with E-state index >= 15 is 0 Å². The van der Waals surface area contributed by atoms with Crippen molar-refractivity contribution in [2.75, 3.05) is 13.2 Å². The number of carbonyl (C=O) groups excluding carboxylic acids is 1. The molecule has 1 saturated heterocycles. The zero-order valence-corrected chi connectivity index (χ0v) is 52.9. The molecule has 1 heterocycles. The Morgan fingerprint density at radius 1 is 0.422 bits per heavy atom. The predicted molar refractivity (Wildman–Crippen MR) is 354 cm³/mol. The molecule has 0 bridgehead atoms. The van der Waals surface area contributed by atoms with Crippen LogP contribution >= 0.6 is 0 Å². The number of aliphatic hydroxyl groups excluding tert-OH is 5. The summed E-state index contributed by atoms with van der Waals surface area (Å²) in [5.41, 5.74) is 0. The summed E-state index contributed by atoms with van der Waals surface area (Å²) < 4.78 is 11.3. The Morgan fingerprint density at radius 2 is 0.759 bits per heavy atom. The van der Waals surface area contributed by atoms with Crippen LogP contribution in [0, 0.1) is 0 Å². The van der Waals surface area contributed by atoms with Crippen molar-refractivity contribution in [1.29, 1.82) is 0 Å². The van der Waals surface area contributed by atoms with Crippen molar-refractivity contribution in [2.24, 2.45) is 0 Å². The lowest BCUT2D eigenvalue weighted by Crippen LogP contribution is -2.60. The van der Waals surface area contributed by atoms with Crippen molar-refractivity contribution < 1.29 is 39.8 Å². The highest BCUT2D eigenvalue weighted by atomic mass is 16.7. The largest absolute Gasteiger partial charge is 0.394 e. The maximum absolute atomic E-state index is 13.1. The first-order valence-electron chi connectivity index (χ1n) is 33.9. The number of hydrogen-bond donors (Lipinski definition) is 6. The first-order valence-corrected chi connectivity index (χ1v) is 33.9. The van der Waals surface area contributed by atoms with E-state index in [1.165, 1.54) is 122 Å². The molecule has 9 nitrogen and oxygen atoms in total. The van der Waals surface area contributed by atoms with Crippen LogP contribution in [0.4, 0.5) is 0 Å². The highest BCUT2D eigenvalue weighted by molar-refractivity contribution is 5.76. The molecule has 1 fully saturated rings. The number of nitrogens with one attached hydrogen (secondary N) is 1. The monoisotopic (exact) mass is 1160 g/mol. The van der Waals surface area contributed by atoms with E-state index in [1.807, 2.05) is 6.08 Å². The molecule has 0 radical (unpaired) electrons. The Hall–Kier alpha value is -3.67. The molecule has 83 heavy (non-hydrogen) atoms. The average Bonchev–Trinajstić information content (AvgIpc) is 3.61. The molecule has 1 aliphatic heterocycles. The molecule has 1 rings (SSSR count). The smallest absolute Gasteiger partial charge is 0.220 e. The molecule has 474 valence electrons. The van der Waals surface area contributed by atoms with Gasteiger partial charge in [-0.15, -0.1) is 0 Å². The second-order valence-corrected chi connectivity index (χ2v) is 22.9. The summed E-state index contributed by atoms with van der Waals surface area (Å²) in [6.07, 6.45) is 86.8. The van der Waals surface area contributed by atoms with Gasteiger partial charge in [0.1, 0.15) is 24.4 Å². The Morgan fingerprint density at radius 3 is 1.16 bits per heavy atom. The summed E-state index contributed by atoms with van der Waals surface area (Å²) in [5, 5.41) is 54.7. The minimum absolute atomic E-state index is 0.209. The normalized spacial score (nSPS) is 19.1. The minimum Gasteiger partial charge on any atom is -0.394 e. The molecule has 7 atom stereocenters. The summed E-state index contributed by atoms with van der Waals surface area (Å²) in [5.74, 6) is -0.209. The van der Waals surface area contributed by atoms with Crippen LogP contribution in [0.2, 0.25) is 0 Å². The van der Waals surface area contributed by atoms with Crippen LogP contribution in [0.5, 0.6) is 0 Å². The van der Waals surface area contributed by atoms with Gasteiger partial charge in [0.25, 0.3) is 0 Å². The van der Waals surface area contributed by atoms with E-state index in [-0.39, 0.29) is 12.5 Å². The first kappa shape index (κ1) is 77.3. The van der Waals surface area contributed by atoms with Crippen LogP contribution < -0.4 is 5.32 Å². The van der Waals surface area contributed by atoms with Crippen molar-refractivity contribution in [3.8, 4) is 0 Å². The van der Waals surface area contributed by atoms with E-state index in [1.54, 1.807) is 6.08 Å². The number of hydrogen-bond acceptors (Lipinski definition) is 8. The maximum atomic E-state index is 13.1. The molecule has 6 N–H and O–H groups in total. The topological polar surface area (TPSA) is 149 Å². The van der Waals surface area contributed by atoms with Gasteiger partial charge in [0, 0.05) is 6.42 Å². The van der Waals surface area contributed by atoms with Crippen molar-refractivity contribution in [2.45, 2.75) is 314 Å². The summed E-state index contributed by atoms with van der Waals surface area (Å²) >= 11 is 0. The van der Waals surface area contributed by atoms with Gasteiger partial charge in [-0.1, -0.05) is 289 Å². The van der Waals surface area contributed by atoms with Gasteiger partial charge in [-0.25, -0.2) is 0 Å². The Balaban J connectivity index is 2.23. The third kappa shape index (κ3) is 50.2. The quantitative estimate of drug-likeness (QED) is 0.0261. The third-order valence-corrected chi connectivity index (χ3v) is 15.2. The second kappa shape index (κ2) is 61.4. The van der Waals surface area contributed by atoms with Crippen molar-refractivity contribution in [1.82, 2.24) is 5.32 Å². The van der Waals surface area contributed by atoms with Crippen LogP contribution in [0.1, 0.15) is 271 Å². The van der Waals surface area contributed by atoms with Gasteiger partial charge in [0.15, 0.2) is 6.29 Å². The van der Waals surface area contributed by atoms with Crippen molar-refractivity contribution in [3.63, 3.8) is 0 Å². The lowest BCUT2D eigenvalue weighted by molar-refractivity contribution is -0.302. The zero-order valence-electron chi connectivity index (χ0n) is 52.9. The van der Waals surface area contributed by atoms with Gasteiger partial charge in [-0.2, -0.15) is 0 Å². The van der Waals surface area contributed by atoms with Crippen LogP contribution in [-0.2, 0) is 14.3 Å². The van der Waals surface area contributed by atoms with Gasteiger partial charge in [0.05, 0.1) is 25.4 Å². The molecule has 0 aromatic carbocycles. The van der Waals surface area contributed by atoms with Crippen LogP contribution in [-0.4, -0.2) is 87.5 Å². The van der Waals surface area contributed by atoms with E-state index in [0.717, 1.165) is 128 Å². The molecule has 9 heteroatoms. The maximum Gasteiger partial charge on any atom is 0.220 e. The average molecular weight is 1160 g/mol. The third-order valence-electron chi connectivity index (χ3n) is 15.2.